The number of nitrogens with zero attached hydrogens (tertiary/aromatic N) is 4. The smallest absolute Gasteiger partial charge is 0.273 e. The molecule has 32 heavy (non-hydrogen) atoms. The van der Waals surface area contributed by atoms with Crippen molar-refractivity contribution < 1.29 is 13.7 Å². The molecule has 1 aliphatic heterocycles. The summed E-state index contributed by atoms with van der Waals surface area (Å²) in [5.74, 6) is 0.653. The Bertz CT molecular complexity index is 1080. The van der Waals surface area contributed by atoms with Crippen LogP contribution >= 0.6 is 0 Å². The molecule has 0 bridgehead atoms. The van der Waals surface area contributed by atoms with Crippen LogP contribution in [0.15, 0.2) is 34.9 Å². The monoisotopic (exact) mass is 439 g/mol. The summed E-state index contributed by atoms with van der Waals surface area (Å²) in [6.07, 6.45) is 1.93. The van der Waals surface area contributed by atoms with Gasteiger partial charge in [-0.3, -0.25) is 14.4 Å². The van der Waals surface area contributed by atoms with Crippen LogP contribution in [0.5, 0.6) is 0 Å². The predicted octanol–water partition coefficient (Wildman–Crippen LogP) is 3.63. The molecule has 4 rings (SSSR count). The third-order valence-corrected chi connectivity index (χ3v) is 6.22. The van der Waals surface area contributed by atoms with Crippen molar-refractivity contribution in [3.05, 3.63) is 70.1 Å². The number of likely N-dealkylation sites (tertiary alicyclic amines) is 1. The molecule has 0 spiro atoms. The SMILES string of the molecule is Cc1cc(C)n(Cc2c(C(=O)NCC3CCN(Cc4ccccc4F)CC3)noc2C)n1. The van der Waals surface area contributed by atoms with Gasteiger partial charge in [-0.15, -0.1) is 0 Å². The van der Waals surface area contributed by atoms with Crippen LogP contribution in [-0.2, 0) is 13.1 Å². The van der Waals surface area contributed by atoms with Crippen molar-refractivity contribution in [3.8, 4) is 0 Å². The van der Waals surface area contributed by atoms with Crippen LogP contribution in [0.25, 0.3) is 0 Å². The molecule has 3 aromatic rings. The first kappa shape index (κ1) is 22.2. The van der Waals surface area contributed by atoms with Gasteiger partial charge in [0, 0.05) is 29.9 Å². The molecule has 1 fully saturated rings. The Morgan fingerprint density at radius 3 is 2.62 bits per heavy atom. The van der Waals surface area contributed by atoms with Crippen molar-refractivity contribution in [1.82, 2.24) is 25.2 Å². The quantitative estimate of drug-likeness (QED) is 0.609. The maximum Gasteiger partial charge on any atom is 0.273 e. The molecular weight excluding hydrogens is 409 g/mol. The lowest BCUT2D eigenvalue weighted by molar-refractivity contribution is 0.0925. The number of hydrogen-bond acceptors (Lipinski definition) is 5. The Kier molecular flexibility index (Phi) is 6.69. The highest BCUT2D eigenvalue weighted by Crippen LogP contribution is 2.20. The third kappa shape index (κ3) is 5.07. The number of piperidine rings is 1. The van der Waals surface area contributed by atoms with Crippen molar-refractivity contribution in [2.75, 3.05) is 19.6 Å². The van der Waals surface area contributed by atoms with E-state index in [0.29, 0.717) is 37.0 Å². The summed E-state index contributed by atoms with van der Waals surface area (Å²) < 4.78 is 21.1. The summed E-state index contributed by atoms with van der Waals surface area (Å²) in [4.78, 5) is 15.1. The molecule has 0 unspecified atom stereocenters. The van der Waals surface area contributed by atoms with E-state index in [1.54, 1.807) is 6.07 Å². The first-order valence-corrected chi connectivity index (χ1v) is 11.1. The van der Waals surface area contributed by atoms with Crippen LogP contribution in [0.2, 0.25) is 0 Å². The van der Waals surface area contributed by atoms with Gasteiger partial charge < -0.3 is 9.84 Å². The molecule has 2 aromatic heterocycles. The van der Waals surface area contributed by atoms with Crippen LogP contribution < -0.4 is 5.32 Å². The number of carbonyl (C=O) groups excluding carboxylic acids is 1. The zero-order chi connectivity index (χ0) is 22.7. The standard InChI is InChI=1S/C24H30FN5O2/c1-16-12-17(2)30(27-16)15-21-18(3)32-28-23(21)24(31)26-13-19-8-10-29(11-9-19)14-20-6-4-5-7-22(20)25/h4-7,12,19H,8-11,13-15H2,1-3H3,(H,26,31). The van der Waals surface area contributed by atoms with Gasteiger partial charge in [-0.05, 0) is 64.8 Å². The highest BCUT2D eigenvalue weighted by molar-refractivity contribution is 5.93. The minimum absolute atomic E-state index is 0.152. The zero-order valence-corrected chi connectivity index (χ0v) is 18.9. The van der Waals surface area contributed by atoms with E-state index in [-0.39, 0.29) is 11.7 Å². The Morgan fingerprint density at radius 1 is 1.19 bits per heavy atom. The third-order valence-electron chi connectivity index (χ3n) is 6.22. The molecule has 0 atom stereocenters. The van der Waals surface area contributed by atoms with E-state index in [1.807, 2.05) is 43.7 Å². The Labute approximate surface area is 187 Å². The Hall–Kier alpha value is -3.00. The minimum Gasteiger partial charge on any atom is -0.361 e. The fourth-order valence-electron chi connectivity index (χ4n) is 4.28. The van der Waals surface area contributed by atoms with Crippen molar-refractivity contribution >= 4 is 5.91 Å². The molecule has 0 radical (unpaired) electrons. The van der Waals surface area contributed by atoms with Crippen molar-refractivity contribution in [1.29, 1.82) is 0 Å². The van der Waals surface area contributed by atoms with E-state index >= 15 is 0 Å². The topological polar surface area (TPSA) is 76.2 Å². The summed E-state index contributed by atoms with van der Waals surface area (Å²) in [5.41, 5.74) is 3.77. The van der Waals surface area contributed by atoms with Gasteiger partial charge in [0.25, 0.3) is 5.91 Å². The largest absolute Gasteiger partial charge is 0.361 e. The number of hydrogen-bond donors (Lipinski definition) is 1. The van der Waals surface area contributed by atoms with Crippen LogP contribution in [0.4, 0.5) is 4.39 Å². The van der Waals surface area contributed by atoms with E-state index < -0.39 is 0 Å². The van der Waals surface area contributed by atoms with E-state index in [4.69, 9.17) is 4.52 Å². The second-order valence-electron chi connectivity index (χ2n) is 8.67. The average molecular weight is 440 g/mol. The van der Waals surface area contributed by atoms with Gasteiger partial charge in [-0.1, -0.05) is 23.4 Å². The average Bonchev–Trinajstić information content (AvgIpc) is 3.30. The summed E-state index contributed by atoms with van der Waals surface area (Å²) in [5, 5.41) is 11.5. The van der Waals surface area contributed by atoms with Crippen LogP contribution in [0.1, 0.15) is 51.6 Å². The number of halogens is 1. The number of nitrogens with one attached hydrogen (secondary N) is 1. The zero-order valence-electron chi connectivity index (χ0n) is 18.9. The predicted molar refractivity (Wildman–Crippen MR) is 119 cm³/mol. The molecule has 1 saturated heterocycles. The summed E-state index contributed by atoms with van der Waals surface area (Å²) >= 11 is 0. The molecule has 8 heteroatoms. The fourth-order valence-corrected chi connectivity index (χ4v) is 4.28. The molecule has 1 aliphatic rings. The molecule has 3 heterocycles. The van der Waals surface area contributed by atoms with Gasteiger partial charge in [-0.2, -0.15) is 5.10 Å². The first-order valence-electron chi connectivity index (χ1n) is 11.1. The summed E-state index contributed by atoms with van der Waals surface area (Å²) in [6, 6.07) is 8.93. The molecule has 0 saturated carbocycles. The number of benzene rings is 1. The van der Waals surface area contributed by atoms with E-state index in [2.05, 4.69) is 20.5 Å². The van der Waals surface area contributed by atoms with Gasteiger partial charge in [0.15, 0.2) is 5.69 Å². The Morgan fingerprint density at radius 2 is 1.94 bits per heavy atom. The normalized spacial score (nSPS) is 15.2. The Balaban J connectivity index is 1.29. The lowest BCUT2D eigenvalue weighted by Crippen LogP contribution is -2.38. The molecule has 7 nitrogen and oxygen atoms in total. The summed E-state index contributed by atoms with van der Waals surface area (Å²) in [7, 11) is 0. The molecule has 170 valence electrons. The lowest BCUT2D eigenvalue weighted by atomic mass is 9.96. The fraction of sp³-hybridized carbons (Fsp3) is 0.458. The van der Waals surface area contributed by atoms with E-state index in [1.165, 1.54) is 6.07 Å². The molecule has 1 amide bonds. The second-order valence-corrected chi connectivity index (χ2v) is 8.67. The number of carbonyl (C=O) groups is 1. The lowest BCUT2D eigenvalue weighted by Gasteiger charge is -2.32. The second kappa shape index (κ2) is 9.65. The highest BCUT2D eigenvalue weighted by Gasteiger charge is 2.24. The molecule has 0 aliphatic carbocycles. The molecule has 1 aromatic carbocycles. The van der Waals surface area contributed by atoms with Crippen LogP contribution in [-0.4, -0.2) is 45.4 Å². The van der Waals surface area contributed by atoms with E-state index in [0.717, 1.165) is 48.4 Å². The van der Waals surface area contributed by atoms with Gasteiger partial charge in [0.05, 0.1) is 12.2 Å². The van der Waals surface area contributed by atoms with Gasteiger partial charge in [-0.25, -0.2) is 4.39 Å². The number of rotatable bonds is 7. The maximum atomic E-state index is 13.9. The van der Waals surface area contributed by atoms with Crippen molar-refractivity contribution in [3.63, 3.8) is 0 Å². The van der Waals surface area contributed by atoms with Gasteiger partial charge >= 0.3 is 0 Å². The van der Waals surface area contributed by atoms with Crippen LogP contribution in [0.3, 0.4) is 0 Å². The first-order chi connectivity index (χ1) is 15.4. The maximum absolute atomic E-state index is 13.9. The van der Waals surface area contributed by atoms with Crippen LogP contribution in [0, 0.1) is 32.5 Å². The highest BCUT2D eigenvalue weighted by atomic mass is 19.1. The number of aryl methyl sites for hydroxylation is 3. The van der Waals surface area contributed by atoms with Gasteiger partial charge in [0.2, 0.25) is 0 Å². The number of amides is 1. The van der Waals surface area contributed by atoms with Crippen molar-refractivity contribution in [2.24, 2.45) is 5.92 Å². The van der Waals surface area contributed by atoms with E-state index in [9.17, 15) is 9.18 Å². The number of aromatic nitrogens is 3. The molecular formula is C24H30FN5O2. The van der Waals surface area contributed by atoms with Gasteiger partial charge in [0.1, 0.15) is 11.6 Å². The minimum atomic E-state index is -0.216. The van der Waals surface area contributed by atoms with Crippen molar-refractivity contribution in [2.45, 2.75) is 46.7 Å². The molecule has 1 N–H and O–H groups in total. The summed E-state index contributed by atoms with van der Waals surface area (Å²) in [6.45, 7) is 9.20.